The summed E-state index contributed by atoms with van der Waals surface area (Å²) in [6.45, 7) is 1.92. The van der Waals surface area contributed by atoms with Gasteiger partial charge in [0.15, 0.2) is 0 Å². The Hall–Kier alpha value is -1.89. The molecule has 0 unspecified atom stereocenters. The molecule has 2 saturated heterocycles. The van der Waals surface area contributed by atoms with Crippen LogP contribution in [0.4, 0.5) is 0 Å². The number of likely N-dealkylation sites (tertiary alicyclic amines) is 1. The number of aromatic nitrogens is 1. The molecule has 2 atom stereocenters. The van der Waals surface area contributed by atoms with Crippen LogP contribution in [0.5, 0.6) is 0 Å². The van der Waals surface area contributed by atoms with Gasteiger partial charge in [0, 0.05) is 25.7 Å². The Morgan fingerprint density at radius 3 is 2.95 bits per heavy atom. The molecule has 21 heavy (non-hydrogen) atoms. The van der Waals surface area contributed by atoms with E-state index >= 15 is 0 Å². The molecule has 3 fully saturated rings. The summed E-state index contributed by atoms with van der Waals surface area (Å²) in [5, 5.41) is 3.56. The van der Waals surface area contributed by atoms with Crippen LogP contribution in [0.15, 0.2) is 16.8 Å². The van der Waals surface area contributed by atoms with E-state index in [2.05, 4.69) is 5.16 Å². The maximum atomic E-state index is 12.3. The number of hydrogen-bond acceptors (Lipinski definition) is 5. The molecule has 1 aliphatic carbocycles. The van der Waals surface area contributed by atoms with Gasteiger partial charge in [0.2, 0.25) is 11.7 Å². The Labute approximate surface area is 121 Å². The third kappa shape index (κ3) is 2.31. The zero-order valence-corrected chi connectivity index (χ0v) is 11.6. The van der Waals surface area contributed by atoms with Crippen LogP contribution in [-0.4, -0.2) is 65.2 Å². The highest BCUT2D eigenvalue weighted by molar-refractivity contribution is 5.91. The van der Waals surface area contributed by atoms with Crippen LogP contribution in [0.1, 0.15) is 23.4 Å². The van der Waals surface area contributed by atoms with E-state index in [-0.39, 0.29) is 36.3 Å². The van der Waals surface area contributed by atoms with Gasteiger partial charge in [0.25, 0.3) is 5.91 Å². The molecule has 0 radical (unpaired) electrons. The van der Waals surface area contributed by atoms with Gasteiger partial charge in [0.1, 0.15) is 6.61 Å². The quantitative estimate of drug-likeness (QED) is 0.791. The summed E-state index contributed by atoms with van der Waals surface area (Å²) in [6, 6.07) is 1.52. The third-order valence-electron chi connectivity index (χ3n) is 4.47. The van der Waals surface area contributed by atoms with E-state index in [4.69, 9.17) is 9.26 Å². The molecule has 0 bridgehead atoms. The monoisotopic (exact) mass is 291 g/mol. The Morgan fingerprint density at radius 1 is 1.38 bits per heavy atom. The lowest BCUT2D eigenvalue weighted by Gasteiger charge is -2.36. The summed E-state index contributed by atoms with van der Waals surface area (Å²) < 4.78 is 10.5. The van der Waals surface area contributed by atoms with Gasteiger partial charge in [-0.1, -0.05) is 5.16 Å². The van der Waals surface area contributed by atoms with Crippen LogP contribution in [0, 0.1) is 5.92 Å². The van der Waals surface area contributed by atoms with Gasteiger partial charge >= 0.3 is 0 Å². The second kappa shape index (κ2) is 4.84. The molecule has 2 aliphatic heterocycles. The van der Waals surface area contributed by atoms with E-state index < -0.39 is 0 Å². The minimum Gasteiger partial charge on any atom is -0.364 e. The van der Waals surface area contributed by atoms with Crippen LogP contribution < -0.4 is 0 Å². The Kier molecular flexibility index (Phi) is 2.95. The maximum absolute atomic E-state index is 12.3. The molecular weight excluding hydrogens is 274 g/mol. The van der Waals surface area contributed by atoms with Gasteiger partial charge in [-0.3, -0.25) is 9.59 Å². The van der Waals surface area contributed by atoms with E-state index in [1.165, 1.54) is 19.0 Å². The second-order valence-electron chi connectivity index (χ2n) is 5.99. The van der Waals surface area contributed by atoms with Crippen LogP contribution in [0.2, 0.25) is 0 Å². The van der Waals surface area contributed by atoms with E-state index in [9.17, 15) is 9.59 Å². The Morgan fingerprint density at radius 2 is 2.24 bits per heavy atom. The molecule has 7 nitrogen and oxygen atoms in total. The second-order valence-corrected chi connectivity index (χ2v) is 5.99. The van der Waals surface area contributed by atoms with Gasteiger partial charge < -0.3 is 19.1 Å². The molecule has 0 aromatic carbocycles. The molecule has 0 spiro atoms. The van der Waals surface area contributed by atoms with E-state index in [1.807, 2.05) is 4.90 Å². The highest BCUT2D eigenvalue weighted by Gasteiger charge is 2.46. The highest BCUT2D eigenvalue weighted by atomic mass is 16.5. The summed E-state index contributed by atoms with van der Waals surface area (Å²) in [7, 11) is 0. The minimum absolute atomic E-state index is 0.0290. The van der Waals surface area contributed by atoms with Crippen LogP contribution in [0.3, 0.4) is 0 Å². The zero-order valence-electron chi connectivity index (χ0n) is 11.6. The largest absolute Gasteiger partial charge is 0.364 e. The standard InChI is InChI=1S/C14H17N3O4/c18-13-8-20-12-7-16(14(19)11-3-4-15-21-11)6-10(12)17(13)5-9-1-2-9/h3-4,9-10,12H,1-2,5-8H2/t10-,12+/m1/s1. The number of carbonyl (C=O) groups excluding carboxylic acids is 2. The molecule has 0 N–H and O–H groups in total. The van der Waals surface area contributed by atoms with Crippen molar-refractivity contribution in [1.29, 1.82) is 0 Å². The lowest BCUT2D eigenvalue weighted by Crippen LogP contribution is -2.54. The van der Waals surface area contributed by atoms with Crippen molar-refractivity contribution >= 4 is 11.8 Å². The van der Waals surface area contributed by atoms with E-state index in [1.54, 1.807) is 11.0 Å². The molecule has 1 aromatic heterocycles. The molecule has 3 heterocycles. The van der Waals surface area contributed by atoms with Crippen molar-refractivity contribution in [2.75, 3.05) is 26.2 Å². The van der Waals surface area contributed by atoms with Crippen molar-refractivity contribution in [2.24, 2.45) is 5.92 Å². The zero-order chi connectivity index (χ0) is 14.4. The topological polar surface area (TPSA) is 75.9 Å². The molecule has 112 valence electrons. The number of amides is 2. The molecule has 1 aromatic rings. The summed E-state index contributed by atoms with van der Waals surface area (Å²) in [4.78, 5) is 28.0. The number of ether oxygens (including phenoxy) is 1. The van der Waals surface area contributed by atoms with Gasteiger partial charge in [-0.25, -0.2) is 0 Å². The molecule has 4 rings (SSSR count). The normalized spacial score (nSPS) is 28.9. The molecule has 3 aliphatic rings. The van der Waals surface area contributed by atoms with Crippen molar-refractivity contribution in [3.63, 3.8) is 0 Å². The molecular formula is C14H17N3O4. The number of nitrogens with zero attached hydrogens (tertiary/aromatic N) is 3. The molecule has 7 heteroatoms. The first-order valence-electron chi connectivity index (χ1n) is 7.33. The highest BCUT2D eigenvalue weighted by Crippen LogP contribution is 2.33. The fourth-order valence-electron chi connectivity index (χ4n) is 3.13. The summed E-state index contributed by atoms with van der Waals surface area (Å²) in [6.07, 6.45) is 3.76. The van der Waals surface area contributed by atoms with E-state index in [0.717, 1.165) is 6.54 Å². The first-order chi connectivity index (χ1) is 10.2. The number of fused-ring (bicyclic) bond motifs is 1. The smallest absolute Gasteiger partial charge is 0.292 e. The summed E-state index contributed by atoms with van der Waals surface area (Å²) in [5.41, 5.74) is 0. The van der Waals surface area contributed by atoms with Crippen LogP contribution in [-0.2, 0) is 9.53 Å². The van der Waals surface area contributed by atoms with Crippen molar-refractivity contribution in [2.45, 2.75) is 25.0 Å². The van der Waals surface area contributed by atoms with Gasteiger partial charge in [-0.05, 0) is 18.8 Å². The Bertz CT molecular complexity index is 555. The van der Waals surface area contributed by atoms with Gasteiger partial charge in [0.05, 0.1) is 18.3 Å². The fourth-order valence-corrected chi connectivity index (χ4v) is 3.13. The number of morpholine rings is 1. The van der Waals surface area contributed by atoms with Crippen molar-refractivity contribution in [3.8, 4) is 0 Å². The first kappa shape index (κ1) is 12.8. The van der Waals surface area contributed by atoms with Gasteiger partial charge in [-0.15, -0.1) is 0 Å². The SMILES string of the molecule is O=C(c1ccno1)N1C[C@@H]2OCC(=O)N(CC3CC3)[C@@H]2C1. The number of hydrogen-bond donors (Lipinski definition) is 0. The fraction of sp³-hybridized carbons (Fsp3) is 0.643. The molecule has 1 saturated carbocycles. The predicted octanol–water partition coefficient (Wildman–Crippen LogP) is 0.136. The van der Waals surface area contributed by atoms with E-state index in [0.29, 0.717) is 19.0 Å². The lowest BCUT2D eigenvalue weighted by molar-refractivity contribution is -0.153. The van der Waals surface area contributed by atoms with Crippen LogP contribution in [0.25, 0.3) is 0 Å². The number of carbonyl (C=O) groups is 2. The van der Waals surface area contributed by atoms with Crippen LogP contribution >= 0.6 is 0 Å². The molecule has 2 amide bonds. The predicted molar refractivity (Wildman–Crippen MR) is 70.4 cm³/mol. The van der Waals surface area contributed by atoms with Crippen molar-refractivity contribution in [3.05, 3.63) is 18.0 Å². The Balaban J connectivity index is 1.49. The van der Waals surface area contributed by atoms with Crippen molar-refractivity contribution < 1.29 is 18.8 Å². The number of rotatable bonds is 3. The average molecular weight is 291 g/mol. The lowest BCUT2D eigenvalue weighted by atomic mass is 10.1. The summed E-state index contributed by atoms with van der Waals surface area (Å²) in [5.74, 6) is 0.710. The minimum atomic E-state index is -0.190. The summed E-state index contributed by atoms with van der Waals surface area (Å²) >= 11 is 0. The maximum Gasteiger partial charge on any atom is 0.292 e. The third-order valence-corrected chi connectivity index (χ3v) is 4.47. The first-order valence-corrected chi connectivity index (χ1v) is 7.33. The van der Waals surface area contributed by atoms with Crippen molar-refractivity contribution in [1.82, 2.24) is 15.0 Å². The van der Waals surface area contributed by atoms with Gasteiger partial charge in [-0.2, -0.15) is 0 Å². The average Bonchev–Trinajstić information content (AvgIpc) is 2.99.